The molecule has 13 heteroatoms. The van der Waals surface area contributed by atoms with E-state index in [1.54, 1.807) is 13.0 Å². The molecule has 53 heavy (non-hydrogen) atoms. The maximum absolute atomic E-state index is 13.2. The molecule has 6 rings (SSSR count). The minimum absolute atomic E-state index is 0.0296. The first kappa shape index (κ1) is 37.5. The normalized spacial score (nSPS) is 14.7. The van der Waals surface area contributed by atoms with Gasteiger partial charge in [0, 0.05) is 43.9 Å². The van der Waals surface area contributed by atoms with E-state index in [2.05, 4.69) is 15.2 Å². The molecular formula is C40H45N5O7S. The zero-order chi connectivity index (χ0) is 37.4. The first-order valence-electron chi connectivity index (χ1n) is 17.7. The van der Waals surface area contributed by atoms with Crippen molar-refractivity contribution in [3.05, 3.63) is 136 Å². The van der Waals surface area contributed by atoms with Crippen molar-refractivity contribution < 1.29 is 32.0 Å². The van der Waals surface area contributed by atoms with E-state index < -0.39 is 16.2 Å². The first-order valence-corrected chi connectivity index (χ1v) is 19.1. The summed E-state index contributed by atoms with van der Waals surface area (Å²) in [7, 11) is -4.13. The zero-order valence-corrected chi connectivity index (χ0v) is 31.0. The highest BCUT2D eigenvalue weighted by Gasteiger charge is 2.31. The van der Waals surface area contributed by atoms with Crippen LogP contribution in [0.4, 0.5) is 5.69 Å². The number of hydrogen-bond donors (Lipinski definition) is 1. The average molecular weight is 740 g/mol. The van der Waals surface area contributed by atoms with Crippen LogP contribution in [0.5, 0.6) is 0 Å². The van der Waals surface area contributed by atoms with Crippen LogP contribution in [0.25, 0.3) is 11.0 Å². The number of aryl methyl sites for hydroxylation is 2. The molecule has 0 fully saturated rings. The molecule has 278 valence electrons. The van der Waals surface area contributed by atoms with Gasteiger partial charge >= 0.3 is 16.3 Å². The second-order valence-corrected chi connectivity index (χ2v) is 14.4. The fourth-order valence-corrected chi connectivity index (χ4v) is 7.53. The Bertz CT molecular complexity index is 2160. The highest BCUT2D eigenvalue weighted by Crippen LogP contribution is 2.35. The van der Waals surface area contributed by atoms with E-state index >= 15 is 0 Å². The quantitative estimate of drug-likeness (QED) is 0.124. The van der Waals surface area contributed by atoms with Crippen LogP contribution in [0, 0.1) is 13.8 Å². The fraction of sp³-hybridized carbons (Fsp3) is 0.325. The highest BCUT2D eigenvalue weighted by molar-refractivity contribution is 7.84. The SMILES string of the molecule is CCOC(=O)CC(c1ccc(C)c(CN2CC=C(OCc3ccccc3)OS2(=O)=O)c1)c1ccc2c(nnn2CCN(CCO)c2ccccc2)c1C. The molecule has 0 saturated carbocycles. The lowest BCUT2D eigenvalue weighted by Crippen LogP contribution is -2.36. The van der Waals surface area contributed by atoms with Crippen molar-refractivity contribution in [1.29, 1.82) is 0 Å². The van der Waals surface area contributed by atoms with Crippen molar-refractivity contribution in [2.45, 2.75) is 52.8 Å². The van der Waals surface area contributed by atoms with Gasteiger partial charge in [0.15, 0.2) is 0 Å². The molecule has 1 aliphatic rings. The summed E-state index contributed by atoms with van der Waals surface area (Å²) >= 11 is 0. The molecule has 1 atom stereocenters. The van der Waals surface area contributed by atoms with Gasteiger partial charge in [-0.2, -0.15) is 12.7 Å². The molecule has 0 bridgehead atoms. The van der Waals surface area contributed by atoms with Gasteiger partial charge in [-0.3, -0.25) is 4.79 Å². The van der Waals surface area contributed by atoms with Crippen LogP contribution in [0.2, 0.25) is 0 Å². The minimum atomic E-state index is -4.13. The number of aromatic nitrogens is 3. The van der Waals surface area contributed by atoms with Crippen LogP contribution in [0.15, 0.2) is 103 Å². The van der Waals surface area contributed by atoms with Crippen molar-refractivity contribution in [1.82, 2.24) is 19.3 Å². The number of para-hydroxylation sites is 1. The maximum atomic E-state index is 13.2. The van der Waals surface area contributed by atoms with Crippen LogP contribution in [0.1, 0.15) is 52.6 Å². The van der Waals surface area contributed by atoms with Crippen LogP contribution >= 0.6 is 0 Å². The molecule has 0 spiro atoms. The first-order chi connectivity index (χ1) is 25.7. The third-order valence-corrected chi connectivity index (χ3v) is 10.7. The van der Waals surface area contributed by atoms with E-state index in [1.807, 2.05) is 110 Å². The Morgan fingerprint density at radius 2 is 1.75 bits per heavy atom. The monoisotopic (exact) mass is 739 g/mol. The van der Waals surface area contributed by atoms with Gasteiger partial charge < -0.3 is 23.7 Å². The summed E-state index contributed by atoms with van der Waals surface area (Å²) in [5, 5.41) is 18.7. The molecule has 1 N–H and O–H groups in total. The summed E-state index contributed by atoms with van der Waals surface area (Å²) in [4.78, 5) is 15.1. The highest BCUT2D eigenvalue weighted by atomic mass is 32.2. The minimum Gasteiger partial charge on any atom is -0.466 e. The predicted molar refractivity (Wildman–Crippen MR) is 202 cm³/mol. The maximum Gasteiger partial charge on any atom is 0.388 e. The molecule has 0 radical (unpaired) electrons. The summed E-state index contributed by atoms with van der Waals surface area (Å²) in [5.74, 6) is -0.785. The van der Waals surface area contributed by atoms with E-state index in [0.717, 1.165) is 50.1 Å². The largest absolute Gasteiger partial charge is 0.466 e. The third kappa shape index (κ3) is 9.05. The zero-order valence-electron chi connectivity index (χ0n) is 30.2. The topological polar surface area (TPSA) is 136 Å². The summed E-state index contributed by atoms with van der Waals surface area (Å²) in [6.07, 6.45) is 1.70. The second kappa shape index (κ2) is 17.1. The Morgan fingerprint density at radius 3 is 2.47 bits per heavy atom. The summed E-state index contributed by atoms with van der Waals surface area (Å²) in [6, 6.07) is 29.2. The molecule has 0 aliphatic carbocycles. The van der Waals surface area contributed by atoms with E-state index in [-0.39, 0.29) is 51.2 Å². The summed E-state index contributed by atoms with van der Waals surface area (Å²) in [6.45, 7) is 7.97. The molecular weight excluding hydrogens is 695 g/mol. The van der Waals surface area contributed by atoms with Gasteiger partial charge in [0.1, 0.15) is 12.1 Å². The molecule has 1 aromatic heterocycles. The van der Waals surface area contributed by atoms with Gasteiger partial charge in [-0.1, -0.05) is 78.0 Å². The lowest BCUT2D eigenvalue weighted by Gasteiger charge is -2.26. The molecule has 1 unspecified atom stereocenters. The van der Waals surface area contributed by atoms with E-state index in [1.165, 1.54) is 4.31 Å². The van der Waals surface area contributed by atoms with Gasteiger partial charge in [-0.15, -0.1) is 5.10 Å². The van der Waals surface area contributed by atoms with Crippen molar-refractivity contribution >= 4 is 33.0 Å². The number of anilines is 1. The van der Waals surface area contributed by atoms with Crippen molar-refractivity contribution in [2.75, 3.05) is 37.7 Å². The van der Waals surface area contributed by atoms with Crippen molar-refractivity contribution in [2.24, 2.45) is 0 Å². The number of benzene rings is 4. The Hall–Kier alpha value is -5.24. The second-order valence-electron chi connectivity index (χ2n) is 12.9. The van der Waals surface area contributed by atoms with E-state index in [4.69, 9.17) is 13.7 Å². The molecule has 4 aromatic carbocycles. The molecule has 12 nitrogen and oxygen atoms in total. The number of esters is 1. The lowest BCUT2D eigenvalue weighted by atomic mass is 9.84. The Kier molecular flexibility index (Phi) is 12.1. The fourth-order valence-electron chi connectivity index (χ4n) is 6.55. The number of fused-ring (bicyclic) bond motifs is 1. The van der Waals surface area contributed by atoms with Gasteiger partial charge in [-0.05, 0) is 72.4 Å². The van der Waals surface area contributed by atoms with Gasteiger partial charge in [0.2, 0.25) is 0 Å². The van der Waals surface area contributed by atoms with E-state index in [0.29, 0.717) is 19.6 Å². The number of aliphatic hydroxyl groups excluding tert-OH is 1. The molecule has 0 saturated heterocycles. The number of carbonyl (C=O) groups excluding carboxylic acids is 1. The van der Waals surface area contributed by atoms with Gasteiger partial charge in [-0.25, -0.2) is 4.68 Å². The Balaban J connectivity index is 1.24. The van der Waals surface area contributed by atoms with Crippen LogP contribution in [-0.4, -0.2) is 71.6 Å². The number of nitrogens with zero attached hydrogens (tertiary/aromatic N) is 5. The number of aliphatic hydroxyl groups is 1. The summed E-state index contributed by atoms with van der Waals surface area (Å²) < 4.78 is 45.9. The smallest absolute Gasteiger partial charge is 0.388 e. The Labute approximate surface area is 310 Å². The summed E-state index contributed by atoms with van der Waals surface area (Å²) in [5.41, 5.74) is 7.80. The molecule has 5 aromatic rings. The van der Waals surface area contributed by atoms with E-state index in [9.17, 15) is 18.3 Å². The van der Waals surface area contributed by atoms with Crippen molar-refractivity contribution in [3.63, 3.8) is 0 Å². The molecule has 2 heterocycles. The standard InChI is InChI=1S/C40H45N5O7S/c1-4-50-38(47)26-36(35-17-18-37-40(30(35)3)41-42-45(37)22-21-43(23-24-46)34-13-9-6-10-14-34)32-16-15-29(2)33(25-32)27-44-20-19-39(52-53(44,48)49)51-28-31-11-7-5-8-12-31/h5-19,25,36,46H,4,20-24,26-28H2,1-3H3. The van der Waals surface area contributed by atoms with Crippen molar-refractivity contribution in [3.8, 4) is 0 Å². The lowest BCUT2D eigenvalue weighted by molar-refractivity contribution is -0.143. The predicted octanol–water partition coefficient (Wildman–Crippen LogP) is 5.77. The number of ether oxygens (including phenoxy) is 2. The van der Waals surface area contributed by atoms with Crippen LogP contribution in [-0.2, 0) is 48.5 Å². The molecule has 0 amide bonds. The Morgan fingerprint density at radius 1 is 1.00 bits per heavy atom. The number of hydrogen-bond acceptors (Lipinski definition) is 10. The average Bonchev–Trinajstić information content (AvgIpc) is 3.58. The third-order valence-electron chi connectivity index (χ3n) is 9.42. The number of carbonyl (C=O) groups is 1. The van der Waals surface area contributed by atoms with Gasteiger partial charge in [0.05, 0.1) is 31.7 Å². The van der Waals surface area contributed by atoms with Crippen LogP contribution in [0.3, 0.4) is 0 Å². The van der Waals surface area contributed by atoms with Gasteiger partial charge in [0.25, 0.3) is 5.95 Å². The molecule has 1 aliphatic heterocycles. The van der Waals surface area contributed by atoms with Crippen LogP contribution < -0.4 is 4.90 Å². The number of rotatable bonds is 16.